The van der Waals surface area contributed by atoms with Gasteiger partial charge in [0, 0.05) is 49.4 Å². The van der Waals surface area contributed by atoms with Crippen LogP contribution in [-0.2, 0) is 23.9 Å². The van der Waals surface area contributed by atoms with Crippen LogP contribution in [0.4, 0.5) is 24.7 Å². The van der Waals surface area contributed by atoms with Crippen molar-refractivity contribution in [1.29, 1.82) is 5.26 Å². The molecule has 1 aromatic carbocycles. The lowest BCUT2D eigenvalue weighted by atomic mass is 10.0. The summed E-state index contributed by atoms with van der Waals surface area (Å²) in [5.74, 6) is -0.126. The van der Waals surface area contributed by atoms with E-state index >= 15 is 0 Å². The Morgan fingerprint density at radius 3 is 2.67 bits per heavy atom. The van der Waals surface area contributed by atoms with Crippen LogP contribution in [0.2, 0.25) is 0 Å². The molecule has 0 aliphatic heterocycles. The highest BCUT2D eigenvalue weighted by Gasteiger charge is 2.38. The molecule has 0 fully saturated rings. The number of alkyl halides is 3. The van der Waals surface area contributed by atoms with Crippen molar-refractivity contribution in [1.82, 2.24) is 34.8 Å². The Hall–Kier alpha value is -4.97. The number of carbonyl (C=O) groups is 2. The highest BCUT2D eigenvalue weighted by atomic mass is 19.4. The first kappa shape index (κ1) is 30.0. The predicted octanol–water partition coefficient (Wildman–Crippen LogP) is 3.03. The molecule has 0 atom stereocenters. The summed E-state index contributed by atoms with van der Waals surface area (Å²) < 4.78 is 43.5. The number of rotatable bonds is 12. The van der Waals surface area contributed by atoms with Gasteiger partial charge < -0.3 is 21.7 Å². The van der Waals surface area contributed by atoms with Crippen molar-refractivity contribution in [3.8, 4) is 17.3 Å². The Morgan fingerprint density at radius 1 is 1.17 bits per heavy atom. The van der Waals surface area contributed by atoms with Crippen molar-refractivity contribution in [2.24, 2.45) is 5.73 Å². The SMILES string of the molecule is CCc1cc(Nc2nccn3c(-c4cn(CC#N)nc4C(F)(F)F)cnc23)ccc1C(=O)NCCNC(=O)CCCN. The second-order valence-corrected chi connectivity index (χ2v) is 9.21. The summed E-state index contributed by atoms with van der Waals surface area (Å²) in [4.78, 5) is 33.1. The Bertz CT molecular complexity index is 1620. The normalized spacial score (nSPS) is 11.3. The number of benzene rings is 1. The number of halogens is 3. The molecule has 0 saturated carbocycles. The first-order chi connectivity index (χ1) is 20.2. The van der Waals surface area contributed by atoms with Crippen molar-refractivity contribution >= 4 is 29.0 Å². The van der Waals surface area contributed by atoms with Gasteiger partial charge in [0.25, 0.3) is 5.91 Å². The minimum Gasteiger partial charge on any atom is -0.354 e. The van der Waals surface area contributed by atoms with E-state index in [9.17, 15) is 22.8 Å². The second-order valence-electron chi connectivity index (χ2n) is 9.21. The first-order valence-electron chi connectivity index (χ1n) is 13.1. The third-order valence-corrected chi connectivity index (χ3v) is 6.30. The van der Waals surface area contributed by atoms with Gasteiger partial charge in [-0.1, -0.05) is 6.92 Å². The van der Waals surface area contributed by atoms with Crippen LogP contribution in [0, 0.1) is 11.3 Å². The molecule has 4 aromatic rings. The fraction of sp³-hybridized carbons (Fsp3) is 0.333. The van der Waals surface area contributed by atoms with Crippen molar-refractivity contribution in [3.63, 3.8) is 0 Å². The molecule has 3 aromatic heterocycles. The lowest BCUT2D eigenvalue weighted by Crippen LogP contribution is -2.35. The number of amides is 2. The molecule has 0 unspecified atom stereocenters. The Labute approximate surface area is 238 Å². The minimum absolute atomic E-state index is 0.123. The predicted molar refractivity (Wildman–Crippen MR) is 148 cm³/mol. The van der Waals surface area contributed by atoms with Gasteiger partial charge in [-0.05, 0) is 43.1 Å². The van der Waals surface area contributed by atoms with Crippen molar-refractivity contribution < 1.29 is 22.8 Å². The largest absolute Gasteiger partial charge is 0.435 e. The van der Waals surface area contributed by atoms with Crippen LogP contribution < -0.4 is 21.7 Å². The topological polar surface area (TPSA) is 168 Å². The van der Waals surface area contributed by atoms with Gasteiger partial charge in [-0.15, -0.1) is 0 Å². The number of aryl methyl sites for hydroxylation is 1. The number of anilines is 2. The number of hydrogen-bond donors (Lipinski definition) is 4. The average molecular weight is 583 g/mol. The van der Waals surface area contributed by atoms with Crippen LogP contribution in [0.25, 0.3) is 16.9 Å². The molecule has 0 spiro atoms. The number of nitriles is 1. The zero-order valence-corrected chi connectivity index (χ0v) is 22.7. The molecule has 5 N–H and O–H groups in total. The van der Waals surface area contributed by atoms with Crippen LogP contribution in [0.3, 0.4) is 0 Å². The average Bonchev–Trinajstić information content (AvgIpc) is 3.59. The number of fused-ring (bicyclic) bond motifs is 1. The quantitative estimate of drug-likeness (QED) is 0.185. The van der Waals surface area contributed by atoms with Crippen molar-refractivity contribution in [2.75, 3.05) is 25.0 Å². The Balaban J connectivity index is 1.52. The summed E-state index contributed by atoms with van der Waals surface area (Å²) in [6, 6.07) is 6.91. The molecule has 0 bridgehead atoms. The van der Waals surface area contributed by atoms with Crippen LogP contribution >= 0.6 is 0 Å². The highest BCUT2D eigenvalue weighted by Crippen LogP contribution is 2.37. The van der Waals surface area contributed by atoms with Gasteiger partial charge in [-0.2, -0.15) is 23.5 Å². The number of nitrogens with zero attached hydrogens (tertiary/aromatic N) is 6. The van der Waals surface area contributed by atoms with E-state index in [-0.39, 0.29) is 47.6 Å². The number of aromatic nitrogens is 5. The number of nitrogens with two attached hydrogens (primary N) is 1. The third kappa shape index (κ3) is 6.84. The van der Waals surface area contributed by atoms with E-state index in [2.05, 4.69) is 31.0 Å². The monoisotopic (exact) mass is 582 g/mol. The van der Waals surface area contributed by atoms with Crippen LogP contribution in [-0.4, -0.2) is 55.6 Å². The maximum atomic E-state index is 13.7. The van der Waals surface area contributed by atoms with E-state index in [1.807, 2.05) is 6.92 Å². The fourth-order valence-electron chi connectivity index (χ4n) is 4.32. The molecule has 2 amide bonds. The molecule has 3 heterocycles. The van der Waals surface area contributed by atoms with E-state index in [0.717, 1.165) is 16.4 Å². The number of hydrogen-bond acceptors (Lipinski definition) is 8. The smallest absolute Gasteiger partial charge is 0.354 e. The molecule has 0 saturated heterocycles. The lowest BCUT2D eigenvalue weighted by Gasteiger charge is -2.13. The van der Waals surface area contributed by atoms with Crippen molar-refractivity contribution in [2.45, 2.75) is 38.9 Å². The van der Waals surface area contributed by atoms with Crippen LogP contribution in [0.1, 0.15) is 41.4 Å². The first-order valence-corrected chi connectivity index (χ1v) is 13.1. The highest BCUT2D eigenvalue weighted by molar-refractivity contribution is 5.96. The summed E-state index contributed by atoms with van der Waals surface area (Å²) in [5, 5.41) is 21.1. The van der Waals surface area contributed by atoms with E-state index in [1.165, 1.54) is 23.0 Å². The van der Waals surface area contributed by atoms with Gasteiger partial charge in [0.1, 0.15) is 6.54 Å². The zero-order valence-electron chi connectivity index (χ0n) is 22.7. The third-order valence-electron chi connectivity index (χ3n) is 6.30. The second kappa shape index (κ2) is 13.1. The molecule has 4 rings (SSSR count). The molecule has 0 radical (unpaired) electrons. The number of nitrogens with one attached hydrogen (secondary N) is 3. The summed E-state index contributed by atoms with van der Waals surface area (Å²) >= 11 is 0. The maximum Gasteiger partial charge on any atom is 0.435 e. The molecule has 42 heavy (non-hydrogen) atoms. The van der Waals surface area contributed by atoms with Crippen LogP contribution in [0.15, 0.2) is 43.0 Å². The van der Waals surface area contributed by atoms with E-state index in [1.54, 1.807) is 24.3 Å². The fourth-order valence-corrected chi connectivity index (χ4v) is 4.32. The summed E-state index contributed by atoms with van der Waals surface area (Å²) in [5.41, 5.74) is 6.27. The Kier molecular flexibility index (Phi) is 9.38. The van der Waals surface area contributed by atoms with E-state index in [4.69, 9.17) is 11.0 Å². The van der Waals surface area contributed by atoms with Gasteiger partial charge >= 0.3 is 6.18 Å². The van der Waals surface area contributed by atoms with E-state index < -0.39 is 11.9 Å². The molecule has 12 nitrogen and oxygen atoms in total. The summed E-state index contributed by atoms with van der Waals surface area (Å²) in [7, 11) is 0. The molecule has 0 aliphatic rings. The molecule has 220 valence electrons. The van der Waals surface area contributed by atoms with Crippen LogP contribution in [0.5, 0.6) is 0 Å². The van der Waals surface area contributed by atoms with Gasteiger partial charge in [-0.3, -0.25) is 18.7 Å². The van der Waals surface area contributed by atoms with E-state index in [0.29, 0.717) is 43.6 Å². The van der Waals surface area contributed by atoms with Gasteiger partial charge in [0.05, 0.1) is 23.5 Å². The molecule has 15 heteroatoms. The number of imidazole rings is 1. The molecule has 0 aliphatic carbocycles. The Morgan fingerprint density at radius 2 is 1.95 bits per heavy atom. The van der Waals surface area contributed by atoms with Gasteiger partial charge in [0.2, 0.25) is 5.91 Å². The minimum atomic E-state index is -4.74. The lowest BCUT2D eigenvalue weighted by molar-refractivity contribution is -0.141. The molecular formula is C27H29F3N10O2. The van der Waals surface area contributed by atoms with Gasteiger partial charge in [-0.25, -0.2) is 9.97 Å². The number of carbonyl (C=O) groups excluding carboxylic acids is 2. The molecular weight excluding hydrogens is 553 g/mol. The standard InChI is InChI=1S/C27H29F3N10O2/c1-2-17-14-18(5-6-19(17)26(42)35-10-9-33-22(41)4-3-7-31)37-24-25-36-15-21(40(25)13-11-34-24)20-16-39(12-8-32)38-23(20)27(28,29)30/h5-6,11,13-16H,2-4,7,9-10,12,31H2,1H3,(H,33,41)(H,34,37)(H,35,42). The van der Waals surface area contributed by atoms with Gasteiger partial charge in [0.15, 0.2) is 17.2 Å². The summed E-state index contributed by atoms with van der Waals surface area (Å²) in [6.45, 7) is 2.55. The maximum absolute atomic E-state index is 13.7. The zero-order chi connectivity index (χ0) is 30.3. The van der Waals surface area contributed by atoms with Crippen molar-refractivity contribution in [3.05, 3.63) is 59.8 Å². The summed E-state index contributed by atoms with van der Waals surface area (Å²) in [6.07, 6.45) is 2.10.